The summed E-state index contributed by atoms with van der Waals surface area (Å²) in [5, 5.41) is 6.28. The van der Waals surface area contributed by atoms with Crippen LogP contribution in [0.25, 0.3) is 0 Å². The molecule has 5 heteroatoms. The van der Waals surface area contributed by atoms with Crippen molar-refractivity contribution in [3.05, 3.63) is 11.9 Å². The number of ether oxygens (including phenoxy) is 1. The summed E-state index contributed by atoms with van der Waals surface area (Å²) in [7, 11) is 3.56. The number of rotatable bonds is 6. The molecule has 0 aromatic carbocycles. The van der Waals surface area contributed by atoms with Crippen LogP contribution >= 0.6 is 0 Å². The SMILES string of the molecule is CNc1cc(NCC(C)COC)nc(C)n1. The van der Waals surface area contributed by atoms with E-state index in [-0.39, 0.29) is 0 Å². The van der Waals surface area contributed by atoms with E-state index >= 15 is 0 Å². The van der Waals surface area contributed by atoms with Gasteiger partial charge in [-0.2, -0.15) is 0 Å². The molecule has 1 aromatic rings. The van der Waals surface area contributed by atoms with Gasteiger partial charge in [-0.25, -0.2) is 9.97 Å². The molecular formula is C11H20N4O. The van der Waals surface area contributed by atoms with Gasteiger partial charge in [0.1, 0.15) is 17.5 Å². The minimum atomic E-state index is 0.457. The Bertz CT molecular complexity index is 330. The average Bonchev–Trinajstić information content (AvgIpc) is 2.26. The third-order valence-corrected chi connectivity index (χ3v) is 2.18. The standard InChI is InChI=1S/C11H20N4O/c1-8(7-16-4)6-13-11-5-10(12-3)14-9(2)15-11/h5,8H,6-7H2,1-4H3,(H2,12,13,14,15). The fraction of sp³-hybridized carbons (Fsp3) is 0.636. The van der Waals surface area contributed by atoms with E-state index in [2.05, 4.69) is 27.5 Å². The number of nitrogens with zero attached hydrogens (tertiary/aromatic N) is 2. The quantitative estimate of drug-likeness (QED) is 0.767. The van der Waals surface area contributed by atoms with Crippen LogP contribution in [0.1, 0.15) is 12.7 Å². The zero-order valence-corrected chi connectivity index (χ0v) is 10.4. The predicted octanol–water partition coefficient (Wildman–Crippen LogP) is 1.52. The number of hydrogen-bond acceptors (Lipinski definition) is 5. The fourth-order valence-corrected chi connectivity index (χ4v) is 1.41. The van der Waals surface area contributed by atoms with Gasteiger partial charge in [-0.1, -0.05) is 6.92 Å². The molecule has 0 fully saturated rings. The van der Waals surface area contributed by atoms with E-state index < -0.39 is 0 Å². The summed E-state index contributed by atoms with van der Waals surface area (Å²) >= 11 is 0. The van der Waals surface area contributed by atoms with Crippen molar-refractivity contribution in [2.75, 3.05) is 37.9 Å². The highest BCUT2D eigenvalue weighted by Crippen LogP contribution is 2.10. The molecule has 0 saturated heterocycles. The third kappa shape index (κ3) is 4.02. The first kappa shape index (κ1) is 12.7. The monoisotopic (exact) mass is 224 g/mol. The number of nitrogens with one attached hydrogen (secondary N) is 2. The molecule has 0 aliphatic heterocycles. The van der Waals surface area contributed by atoms with Crippen molar-refractivity contribution in [3.8, 4) is 0 Å². The lowest BCUT2D eigenvalue weighted by Gasteiger charge is -2.12. The van der Waals surface area contributed by atoms with E-state index in [4.69, 9.17) is 4.74 Å². The summed E-state index contributed by atoms with van der Waals surface area (Å²) in [4.78, 5) is 8.54. The molecule has 1 atom stereocenters. The maximum atomic E-state index is 5.08. The first-order valence-corrected chi connectivity index (χ1v) is 5.42. The van der Waals surface area contributed by atoms with Gasteiger partial charge in [0.2, 0.25) is 0 Å². The van der Waals surface area contributed by atoms with E-state index in [1.165, 1.54) is 0 Å². The first-order valence-electron chi connectivity index (χ1n) is 5.42. The lowest BCUT2D eigenvalue weighted by atomic mass is 10.2. The molecule has 0 bridgehead atoms. The number of hydrogen-bond donors (Lipinski definition) is 2. The zero-order valence-electron chi connectivity index (χ0n) is 10.4. The van der Waals surface area contributed by atoms with Crippen molar-refractivity contribution in [1.82, 2.24) is 9.97 Å². The van der Waals surface area contributed by atoms with Crippen LogP contribution in [-0.2, 0) is 4.74 Å². The highest BCUT2D eigenvalue weighted by Gasteiger charge is 2.03. The van der Waals surface area contributed by atoms with Crippen LogP contribution in [0, 0.1) is 12.8 Å². The molecule has 90 valence electrons. The molecule has 1 rings (SSSR count). The summed E-state index contributed by atoms with van der Waals surface area (Å²) < 4.78 is 5.08. The molecule has 1 aromatic heterocycles. The van der Waals surface area contributed by atoms with Gasteiger partial charge in [-0.3, -0.25) is 0 Å². The largest absolute Gasteiger partial charge is 0.384 e. The Morgan fingerprint density at radius 2 is 2.06 bits per heavy atom. The molecule has 0 amide bonds. The molecule has 2 N–H and O–H groups in total. The first-order chi connectivity index (χ1) is 7.65. The molecule has 0 radical (unpaired) electrons. The molecule has 16 heavy (non-hydrogen) atoms. The maximum Gasteiger partial charge on any atom is 0.131 e. The van der Waals surface area contributed by atoms with Gasteiger partial charge in [0.15, 0.2) is 0 Å². The molecular weight excluding hydrogens is 204 g/mol. The van der Waals surface area contributed by atoms with Crippen LogP contribution in [-0.4, -0.2) is 37.3 Å². The Hall–Kier alpha value is -1.36. The van der Waals surface area contributed by atoms with Crippen molar-refractivity contribution in [2.24, 2.45) is 5.92 Å². The van der Waals surface area contributed by atoms with Crippen molar-refractivity contribution in [1.29, 1.82) is 0 Å². The lowest BCUT2D eigenvalue weighted by molar-refractivity contribution is 0.164. The summed E-state index contributed by atoms with van der Waals surface area (Å²) in [5.74, 6) is 2.89. The van der Waals surface area contributed by atoms with Gasteiger partial charge < -0.3 is 15.4 Å². The van der Waals surface area contributed by atoms with E-state index in [0.717, 1.165) is 30.6 Å². The minimum Gasteiger partial charge on any atom is -0.384 e. The number of methoxy groups -OCH3 is 1. The highest BCUT2D eigenvalue weighted by atomic mass is 16.5. The summed E-state index contributed by atoms with van der Waals surface area (Å²) in [6, 6.07) is 1.90. The normalized spacial score (nSPS) is 12.2. The molecule has 0 aliphatic carbocycles. The topological polar surface area (TPSA) is 59.1 Å². The van der Waals surface area contributed by atoms with Crippen molar-refractivity contribution in [2.45, 2.75) is 13.8 Å². The summed E-state index contributed by atoms with van der Waals surface area (Å²) in [5.41, 5.74) is 0. The van der Waals surface area contributed by atoms with Crippen molar-refractivity contribution < 1.29 is 4.74 Å². The van der Waals surface area contributed by atoms with Gasteiger partial charge in [0, 0.05) is 26.8 Å². The van der Waals surface area contributed by atoms with Gasteiger partial charge in [0.25, 0.3) is 0 Å². The second-order valence-corrected chi connectivity index (χ2v) is 3.88. The summed E-state index contributed by atoms with van der Waals surface area (Å²) in [6.07, 6.45) is 0. The van der Waals surface area contributed by atoms with E-state index in [1.807, 2.05) is 20.0 Å². The molecule has 0 aliphatic rings. The van der Waals surface area contributed by atoms with Gasteiger partial charge in [-0.15, -0.1) is 0 Å². The van der Waals surface area contributed by atoms with Crippen LogP contribution < -0.4 is 10.6 Å². The fourth-order valence-electron chi connectivity index (χ4n) is 1.41. The second-order valence-electron chi connectivity index (χ2n) is 3.88. The Kier molecular flexibility index (Phi) is 4.98. The maximum absolute atomic E-state index is 5.08. The third-order valence-electron chi connectivity index (χ3n) is 2.18. The minimum absolute atomic E-state index is 0.457. The van der Waals surface area contributed by atoms with Crippen molar-refractivity contribution >= 4 is 11.6 Å². The number of aromatic nitrogens is 2. The van der Waals surface area contributed by atoms with Crippen LogP contribution in [0.15, 0.2) is 6.07 Å². The molecule has 5 nitrogen and oxygen atoms in total. The zero-order chi connectivity index (χ0) is 12.0. The number of aryl methyl sites for hydroxylation is 1. The van der Waals surface area contributed by atoms with E-state index in [9.17, 15) is 0 Å². The highest BCUT2D eigenvalue weighted by molar-refractivity contribution is 5.47. The second kappa shape index (κ2) is 6.27. The molecule has 1 heterocycles. The van der Waals surface area contributed by atoms with E-state index in [0.29, 0.717) is 5.92 Å². The smallest absolute Gasteiger partial charge is 0.131 e. The summed E-state index contributed by atoms with van der Waals surface area (Å²) in [6.45, 7) is 5.59. The Morgan fingerprint density at radius 1 is 1.38 bits per heavy atom. The van der Waals surface area contributed by atoms with Crippen LogP contribution in [0.4, 0.5) is 11.6 Å². The van der Waals surface area contributed by atoms with Crippen molar-refractivity contribution in [3.63, 3.8) is 0 Å². The predicted molar refractivity (Wildman–Crippen MR) is 65.8 cm³/mol. The van der Waals surface area contributed by atoms with Gasteiger partial charge >= 0.3 is 0 Å². The Morgan fingerprint density at radius 3 is 2.69 bits per heavy atom. The lowest BCUT2D eigenvalue weighted by Crippen LogP contribution is -2.16. The van der Waals surface area contributed by atoms with E-state index in [1.54, 1.807) is 7.11 Å². The molecule has 0 spiro atoms. The van der Waals surface area contributed by atoms with Gasteiger partial charge in [-0.05, 0) is 12.8 Å². The average molecular weight is 224 g/mol. The Labute approximate surface area is 96.6 Å². The van der Waals surface area contributed by atoms with Crippen LogP contribution in [0.5, 0.6) is 0 Å². The number of anilines is 2. The van der Waals surface area contributed by atoms with Crippen LogP contribution in [0.3, 0.4) is 0 Å². The van der Waals surface area contributed by atoms with Crippen LogP contribution in [0.2, 0.25) is 0 Å². The molecule has 0 saturated carbocycles. The molecule has 1 unspecified atom stereocenters. The van der Waals surface area contributed by atoms with Gasteiger partial charge in [0.05, 0.1) is 6.61 Å². The Balaban J connectivity index is 2.56.